The van der Waals surface area contributed by atoms with Crippen LogP contribution in [0.1, 0.15) is 34.6 Å². The van der Waals surface area contributed by atoms with Crippen molar-refractivity contribution < 1.29 is 9.18 Å². The number of carbonyl (C=O) groups is 1. The van der Waals surface area contributed by atoms with Crippen LogP contribution in [0.25, 0.3) is 0 Å². The molecule has 1 aliphatic rings. The zero-order valence-electron chi connectivity index (χ0n) is 15.4. The Bertz CT molecular complexity index is 983. The fourth-order valence-electron chi connectivity index (χ4n) is 3.25. The lowest BCUT2D eigenvalue weighted by Crippen LogP contribution is -2.34. The van der Waals surface area contributed by atoms with Crippen molar-refractivity contribution in [3.05, 3.63) is 88.7 Å². The molecule has 2 aromatic carbocycles. The van der Waals surface area contributed by atoms with Crippen LogP contribution in [-0.2, 0) is 13.1 Å². The second-order valence-electron chi connectivity index (χ2n) is 7.17. The van der Waals surface area contributed by atoms with Gasteiger partial charge >= 0.3 is 0 Å². The third-order valence-corrected chi connectivity index (χ3v) is 5.37. The maximum absolute atomic E-state index is 14.2. The van der Waals surface area contributed by atoms with E-state index in [2.05, 4.69) is 4.98 Å². The summed E-state index contributed by atoms with van der Waals surface area (Å²) in [4.78, 5) is 19.2. The number of halogens is 2. The molecule has 0 aliphatic heterocycles. The topological polar surface area (TPSA) is 38.1 Å². The van der Waals surface area contributed by atoms with Crippen LogP contribution in [0.5, 0.6) is 0 Å². The van der Waals surface area contributed by atoms with Gasteiger partial charge in [-0.05, 0) is 42.5 Å². The third kappa shape index (κ3) is 4.25. The van der Waals surface area contributed by atoms with Gasteiger partial charge in [0.1, 0.15) is 11.6 Å². The standard InChI is InChI=1S/C22H21ClFN3O/c23-19-7-3-1-5-17(19)14-26-12-11-25-21(26)15-27(13-16-9-10-16)22(28)18-6-2-4-8-20(18)24/h1-8,11-12,16H,9-10,13-15H2. The van der Waals surface area contributed by atoms with Gasteiger partial charge in [0.25, 0.3) is 5.91 Å². The predicted molar refractivity (Wildman–Crippen MR) is 107 cm³/mol. The first-order valence-electron chi connectivity index (χ1n) is 9.39. The molecule has 144 valence electrons. The fourth-order valence-corrected chi connectivity index (χ4v) is 3.45. The minimum Gasteiger partial charge on any atom is -0.331 e. The highest BCUT2D eigenvalue weighted by atomic mass is 35.5. The second-order valence-corrected chi connectivity index (χ2v) is 7.58. The molecule has 1 aromatic heterocycles. The van der Waals surface area contributed by atoms with Crippen LogP contribution < -0.4 is 0 Å². The van der Waals surface area contributed by atoms with Crippen molar-refractivity contribution >= 4 is 17.5 Å². The molecule has 1 heterocycles. The van der Waals surface area contributed by atoms with E-state index in [1.54, 1.807) is 23.2 Å². The van der Waals surface area contributed by atoms with E-state index in [0.717, 1.165) is 24.2 Å². The molecule has 28 heavy (non-hydrogen) atoms. The highest BCUT2D eigenvalue weighted by Gasteiger charge is 2.29. The Kier molecular flexibility index (Phi) is 5.44. The summed E-state index contributed by atoms with van der Waals surface area (Å²) in [5, 5.41) is 0.694. The smallest absolute Gasteiger partial charge is 0.257 e. The molecule has 0 spiro atoms. The van der Waals surface area contributed by atoms with Crippen LogP contribution in [-0.4, -0.2) is 26.9 Å². The van der Waals surface area contributed by atoms with Gasteiger partial charge in [-0.3, -0.25) is 4.79 Å². The van der Waals surface area contributed by atoms with Crippen LogP contribution in [0.15, 0.2) is 60.9 Å². The van der Waals surface area contributed by atoms with Gasteiger partial charge in [-0.15, -0.1) is 0 Å². The summed E-state index contributed by atoms with van der Waals surface area (Å²) in [6.07, 6.45) is 5.81. The molecular formula is C22H21ClFN3O. The van der Waals surface area contributed by atoms with Crippen molar-refractivity contribution in [2.45, 2.75) is 25.9 Å². The van der Waals surface area contributed by atoms with Crippen molar-refractivity contribution in [1.29, 1.82) is 0 Å². The summed E-state index contributed by atoms with van der Waals surface area (Å²) in [6, 6.07) is 13.8. The molecule has 0 saturated heterocycles. The molecule has 1 saturated carbocycles. The lowest BCUT2D eigenvalue weighted by atomic mass is 10.1. The molecule has 3 aromatic rings. The fraction of sp³-hybridized carbons (Fsp3) is 0.273. The first-order chi connectivity index (χ1) is 13.6. The average Bonchev–Trinajstić information content (AvgIpc) is 3.41. The van der Waals surface area contributed by atoms with E-state index in [1.165, 1.54) is 12.1 Å². The van der Waals surface area contributed by atoms with E-state index in [0.29, 0.717) is 30.6 Å². The van der Waals surface area contributed by atoms with Gasteiger partial charge < -0.3 is 9.47 Å². The summed E-state index contributed by atoms with van der Waals surface area (Å²) < 4.78 is 16.1. The van der Waals surface area contributed by atoms with Crippen molar-refractivity contribution in [2.24, 2.45) is 5.92 Å². The highest BCUT2D eigenvalue weighted by Crippen LogP contribution is 2.31. The maximum Gasteiger partial charge on any atom is 0.257 e. The van der Waals surface area contributed by atoms with Gasteiger partial charge in [-0.1, -0.05) is 41.9 Å². The van der Waals surface area contributed by atoms with Crippen LogP contribution in [0, 0.1) is 11.7 Å². The number of hydrogen-bond donors (Lipinski definition) is 0. The van der Waals surface area contributed by atoms with Gasteiger partial charge in [0, 0.05) is 24.0 Å². The first kappa shape index (κ1) is 18.7. The molecule has 1 amide bonds. The predicted octanol–water partition coefficient (Wildman–Crippen LogP) is 4.78. The minimum atomic E-state index is -0.493. The van der Waals surface area contributed by atoms with Crippen LogP contribution >= 0.6 is 11.6 Å². The number of hydrogen-bond acceptors (Lipinski definition) is 2. The van der Waals surface area contributed by atoms with E-state index in [1.807, 2.05) is 35.0 Å². The third-order valence-electron chi connectivity index (χ3n) is 5.00. The number of rotatable bonds is 7. The van der Waals surface area contributed by atoms with Crippen LogP contribution in [0.3, 0.4) is 0 Å². The molecule has 1 fully saturated rings. The van der Waals surface area contributed by atoms with Crippen LogP contribution in [0.4, 0.5) is 4.39 Å². The molecule has 0 bridgehead atoms. The van der Waals surface area contributed by atoms with Crippen molar-refractivity contribution in [3.8, 4) is 0 Å². The Balaban J connectivity index is 1.56. The van der Waals surface area contributed by atoms with Crippen LogP contribution in [0.2, 0.25) is 5.02 Å². The molecule has 0 radical (unpaired) electrons. The minimum absolute atomic E-state index is 0.104. The molecule has 0 unspecified atom stereocenters. The zero-order chi connectivity index (χ0) is 19.5. The summed E-state index contributed by atoms with van der Waals surface area (Å²) >= 11 is 6.28. The van der Waals surface area contributed by atoms with Gasteiger partial charge in [0.2, 0.25) is 0 Å². The van der Waals surface area contributed by atoms with Gasteiger partial charge in [0.15, 0.2) is 0 Å². The SMILES string of the molecule is O=C(c1ccccc1F)N(Cc1nccn1Cc1ccccc1Cl)CC1CC1. The summed E-state index contributed by atoms with van der Waals surface area (Å²) in [5.41, 5.74) is 1.09. The van der Waals surface area contributed by atoms with E-state index in [-0.39, 0.29) is 11.5 Å². The van der Waals surface area contributed by atoms with E-state index in [4.69, 9.17) is 11.6 Å². The van der Waals surface area contributed by atoms with E-state index in [9.17, 15) is 9.18 Å². The number of benzene rings is 2. The monoisotopic (exact) mass is 397 g/mol. The van der Waals surface area contributed by atoms with Crippen molar-refractivity contribution in [2.75, 3.05) is 6.54 Å². The molecule has 0 N–H and O–H groups in total. The molecule has 1 aliphatic carbocycles. The van der Waals surface area contributed by atoms with Gasteiger partial charge in [-0.25, -0.2) is 9.37 Å². The Labute approximate surface area is 168 Å². The average molecular weight is 398 g/mol. The normalized spacial score (nSPS) is 13.5. The lowest BCUT2D eigenvalue weighted by molar-refractivity contribution is 0.0724. The van der Waals surface area contributed by atoms with E-state index < -0.39 is 5.82 Å². The summed E-state index contributed by atoms with van der Waals surface area (Å²) in [6.45, 7) is 1.52. The van der Waals surface area contributed by atoms with Crippen molar-refractivity contribution in [3.63, 3.8) is 0 Å². The second kappa shape index (κ2) is 8.15. The Morgan fingerprint density at radius 1 is 1.18 bits per heavy atom. The number of nitrogens with zero attached hydrogens (tertiary/aromatic N) is 3. The molecule has 6 heteroatoms. The quantitative estimate of drug-likeness (QED) is 0.575. The highest BCUT2D eigenvalue weighted by molar-refractivity contribution is 6.31. The van der Waals surface area contributed by atoms with Gasteiger partial charge in [-0.2, -0.15) is 0 Å². The molecule has 4 nitrogen and oxygen atoms in total. The lowest BCUT2D eigenvalue weighted by Gasteiger charge is -2.23. The number of imidazole rings is 1. The van der Waals surface area contributed by atoms with E-state index >= 15 is 0 Å². The number of carbonyl (C=O) groups excluding carboxylic acids is 1. The Hall–Kier alpha value is -2.66. The number of amides is 1. The summed E-state index contributed by atoms with van der Waals surface area (Å²) in [5.74, 6) is 0.456. The zero-order valence-corrected chi connectivity index (χ0v) is 16.1. The Morgan fingerprint density at radius 2 is 1.93 bits per heavy atom. The summed E-state index contributed by atoms with van der Waals surface area (Å²) in [7, 11) is 0. The molecule has 4 rings (SSSR count). The Morgan fingerprint density at radius 3 is 2.68 bits per heavy atom. The number of aromatic nitrogens is 2. The molecule has 0 atom stereocenters. The molecular weight excluding hydrogens is 377 g/mol. The van der Waals surface area contributed by atoms with Gasteiger partial charge in [0.05, 0.1) is 18.7 Å². The van der Waals surface area contributed by atoms with Crippen molar-refractivity contribution in [1.82, 2.24) is 14.5 Å². The maximum atomic E-state index is 14.2. The first-order valence-corrected chi connectivity index (χ1v) is 9.77. The largest absolute Gasteiger partial charge is 0.331 e.